The van der Waals surface area contributed by atoms with Gasteiger partial charge in [0, 0.05) is 13.0 Å². The second-order valence-electron chi connectivity index (χ2n) is 6.00. The number of ether oxygens (including phenoxy) is 1. The molecule has 0 radical (unpaired) electrons. The van der Waals surface area contributed by atoms with Crippen LogP contribution in [-0.2, 0) is 19.6 Å². The minimum Gasteiger partial charge on any atom is -0.489 e. The van der Waals surface area contributed by atoms with E-state index in [-0.39, 0.29) is 5.56 Å². The Balaban J connectivity index is 1.60. The average Bonchev–Trinajstić information content (AvgIpc) is 3.09. The fourth-order valence-corrected chi connectivity index (χ4v) is 3.07. The number of fused-ring (bicyclic) bond motifs is 2. The van der Waals surface area contributed by atoms with Crippen molar-refractivity contribution in [2.24, 2.45) is 0 Å². The van der Waals surface area contributed by atoms with E-state index in [1.165, 1.54) is 0 Å². The number of aryl methyl sites for hydroxylation is 1. The molecule has 0 bridgehead atoms. The van der Waals surface area contributed by atoms with Crippen molar-refractivity contribution in [3.63, 3.8) is 0 Å². The van der Waals surface area contributed by atoms with Crippen LogP contribution in [0.5, 0.6) is 5.75 Å². The van der Waals surface area contributed by atoms with E-state index < -0.39 is 0 Å². The number of aromatic nitrogens is 2. The van der Waals surface area contributed by atoms with Crippen LogP contribution in [0.3, 0.4) is 0 Å². The topological polar surface area (TPSA) is 44.1 Å². The van der Waals surface area contributed by atoms with Gasteiger partial charge in [-0.15, -0.1) is 0 Å². The van der Waals surface area contributed by atoms with Gasteiger partial charge in [-0.2, -0.15) is 0 Å². The van der Waals surface area contributed by atoms with Crippen molar-refractivity contribution in [3.8, 4) is 5.75 Å². The Labute approximate surface area is 140 Å². The molecule has 3 aromatic rings. The number of hydrogen-bond donors (Lipinski definition) is 0. The quantitative estimate of drug-likeness (QED) is 0.739. The van der Waals surface area contributed by atoms with Gasteiger partial charge >= 0.3 is 0 Å². The summed E-state index contributed by atoms with van der Waals surface area (Å²) in [6.45, 7) is 4.97. The maximum atomic E-state index is 12.6. The third-order valence-corrected chi connectivity index (χ3v) is 4.41. The SMILES string of the molecule is C=Cc1ccc(COc2ccc3nc4n(c(=O)c3c2)CCC4)cc1. The highest BCUT2D eigenvalue weighted by atomic mass is 16.5. The highest BCUT2D eigenvalue weighted by molar-refractivity contribution is 5.79. The van der Waals surface area contributed by atoms with Gasteiger partial charge in [0.15, 0.2) is 0 Å². The highest BCUT2D eigenvalue weighted by Crippen LogP contribution is 2.20. The summed E-state index contributed by atoms with van der Waals surface area (Å²) < 4.78 is 7.62. The van der Waals surface area contributed by atoms with Crippen molar-refractivity contribution in [1.82, 2.24) is 9.55 Å². The molecule has 0 aliphatic carbocycles. The smallest absolute Gasteiger partial charge is 0.261 e. The Hall–Kier alpha value is -2.88. The number of hydrogen-bond acceptors (Lipinski definition) is 3. The van der Waals surface area contributed by atoms with Crippen LogP contribution in [0.4, 0.5) is 0 Å². The summed E-state index contributed by atoms with van der Waals surface area (Å²) in [4.78, 5) is 17.2. The standard InChI is InChI=1S/C20H18N2O2/c1-2-14-5-7-15(8-6-14)13-24-16-9-10-18-17(12-16)20(23)22-11-3-4-19(22)21-18/h2,5-10,12H,1,3-4,11,13H2. The van der Waals surface area contributed by atoms with Crippen LogP contribution in [-0.4, -0.2) is 9.55 Å². The van der Waals surface area contributed by atoms with Crippen molar-refractivity contribution in [2.75, 3.05) is 0 Å². The van der Waals surface area contributed by atoms with Crippen molar-refractivity contribution in [3.05, 3.63) is 76.3 Å². The van der Waals surface area contributed by atoms with Crippen LogP contribution in [0.15, 0.2) is 53.8 Å². The summed E-state index contributed by atoms with van der Waals surface area (Å²) >= 11 is 0. The molecular formula is C20H18N2O2. The second kappa shape index (κ2) is 5.96. The molecule has 0 saturated heterocycles. The molecule has 2 aromatic carbocycles. The summed E-state index contributed by atoms with van der Waals surface area (Å²) in [7, 11) is 0. The molecular weight excluding hydrogens is 300 g/mol. The zero-order valence-electron chi connectivity index (χ0n) is 13.4. The van der Waals surface area contributed by atoms with Crippen LogP contribution in [0.25, 0.3) is 17.0 Å². The lowest BCUT2D eigenvalue weighted by molar-refractivity contribution is 0.306. The largest absolute Gasteiger partial charge is 0.489 e. The predicted octanol–water partition coefficient (Wildman–Crippen LogP) is 3.56. The zero-order valence-corrected chi connectivity index (χ0v) is 13.4. The summed E-state index contributed by atoms with van der Waals surface area (Å²) in [5, 5.41) is 0.625. The Bertz CT molecular complexity index is 971. The van der Waals surface area contributed by atoms with Crippen molar-refractivity contribution in [1.29, 1.82) is 0 Å². The third-order valence-electron chi connectivity index (χ3n) is 4.41. The maximum absolute atomic E-state index is 12.6. The van der Waals surface area contributed by atoms with Crippen LogP contribution in [0.2, 0.25) is 0 Å². The summed E-state index contributed by atoms with van der Waals surface area (Å²) in [5.41, 5.74) is 2.94. The monoisotopic (exact) mass is 318 g/mol. The minimum absolute atomic E-state index is 0.0354. The molecule has 4 nitrogen and oxygen atoms in total. The van der Waals surface area contributed by atoms with Crippen molar-refractivity contribution < 1.29 is 4.74 Å². The van der Waals surface area contributed by atoms with Gasteiger partial charge in [0.1, 0.15) is 18.2 Å². The zero-order chi connectivity index (χ0) is 16.5. The van der Waals surface area contributed by atoms with Gasteiger partial charge in [-0.25, -0.2) is 4.98 Å². The van der Waals surface area contributed by atoms with E-state index >= 15 is 0 Å². The molecule has 120 valence electrons. The fourth-order valence-electron chi connectivity index (χ4n) is 3.07. The molecule has 4 heteroatoms. The lowest BCUT2D eigenvalue weighted by atomic mass is 10.1. The van der Waals surface area contributed by atoms with Crippen LogP contribution < -0.4 is 10.3 Å². The molecule has 1 aromatic heterocycles. The molecule has 0 N–H and O–H groups in total. The van der Waals surface area contributed by atoms with Gasteiger partial charge in [0.05, 0.1) is 10.9 Å². The fraction of sp³-hybridized carbons (Fsp3) is 0.200. The predicted molar refractivity (Wildman–Crippen MR) is 95.2 cm³/mol. The molecule has 0 saturated carbocycles. The van der Waals surface area contributed by atoms with Gasteiger partial charge in [0.2, 0.25) is 0 Å². The molecule has 0 spiro atoms. The van der Waals surface area contributed by atoms with E-state index in [9.17, 15) is 4.79 Å². The molecule has 1 aliphatic rings. The third kappa shape index (κ3) is 2.60. The van der Waals surface area contributed by atoms with Gasteiger partial charge in [-0.1, -0.05) is 36.9 Å². The van der Waals surface area contributed by atoms with Crippen LogP contribution >= 0.6 is 0 Å². The summed E-state index contributed by atoms with van der Waals surface area (Å²) in [6.07, 6.45) is 3.68. The number of benzene rings is 2. The number of rotatable bonds is 4. The summed E-state index contributed by atoms with van der Waals surface area (Å²) in [5.74, 6) is 1.58. The van der Waals surface area contributed by atoms with E-state index in [1.54, 1.807) is 10.6 Å². The normalized spacial score (nSPS) is 13.0. The molecule has 0 unspecified atom stereocenters. The lowest BCUT2D eigenvalue weighted by Crippen LogP contribution is -2.20. The Morgan fingerprint density at radius 1 is 1.21 bits per heavy atom. The van der Waals surface area contributed by atoms with Crippen molar-refractivity contribution in [2.45, 2.75) is 26.0 Å². The number of nitrogens with zero attached hydrogens (tertiary/aromatic N) is 2. The van der Waals surface area contributed by atoms with E-state index in [0.29, 0.717) is 17.7 Å². The van der Waals surface area contributed by atoms with E-state index in [4.69, 9.17) is 4.74 Å². The van der Waals surface area contributed by atoms with Crippen LogP contribution in [0.1, 0.15) is 23.4 Å². The van der Waals surface area contributed by atoms with Crippen molar-refractivity contribution >= 4 is 17.0 Å². The van der Waals surface area contributed by atoms with Gasteiger partial charge in [-0.05, 0) is 35.7 Å². The Morgan fingerprint density at radius 2 is 2.04 bits per heavy atom. The van der Waals surface area contributed by atoms with Gasteiger partial charge in [0.25, 0.3) is 5.56 Å². The minimum atomic E-state index is 0.0354. The average molecular weight is 318 g/mol. The summed E-state index contributed by atoms with van der Waals surface area (Å²) in [6, 6.07) is 13.6. The first-order valence-corrected chi connectivity index (χ1v) is 8.12. The molecule has 0 fully saturated rings. The van der Waals surface area contributed by atoms with E-state index in [0.717, 1.165) is 41.9 Å². The van der Waals surface area contributed by atoms with E-state index in [1.807, 2.05) is 42.5 Å². The van der Waals surface area contributed by atoms with Gasteiger partial charge < -0.3 is 4.74 Å². The first kappa shape index (κ1) is 14.7. The lowest BCUT2D eigenvalue weighted by Gasteiger charge is -2.09. The molecule has 0 atom stereocenters. The Morgan fingerprint density at radius 3 is 2.83 bits per heavy atom. The van der Waals surface area contributed by atoms with Gasteiger partial charge in [-0.3, -0.25) is 9.36 Å². The molecule has 4 rings (SSSR count). The Kier molecular flexibility index (Phi) is 3.65. The highest BCUT2D eigenvalue weighted by Gasteiger charge is 2.16. The maximum Gasteiger partial charge on any atom is 0.261 e. The first-order valence-electron chi connectivity index (χ1n) is 8.12. The molecule has 2 heterocycles. The molecule has 24 heavy (non-hydrogen) atoms. The molecule has 0 amide bonds. The first-order chi connectivity index (χ1) is 11.7. The second-order valence-corrected chi connectivity index (χ2v) is 6.00. The van der Waals surface area contributed by atoms with Crippen LogP contribution in [0, 0.1) is 0 Å². The van der Waals surface area contributed by atoms with E-state index in [2.05, 4.69) is 11.6 Å². The molecule has 1 aliphatic heterocycles.